The number of fused-ring (bicyclic) bond motifs is 3. The first kappa shape index (κ1) is 22.2. The largest absolute Gasteiger partial charge is 0.306 e. The third-order valence-corrected chi connectivity index (χ3v) is 7.34. The van der Waals surface area contributed by atoms with E-state index in [0.29, 0.717) is 30.8 Å². The number of amides is 4. The molecule has 0 radical (unpaired) electrons. The van der Waals surface area contributed by atoms with Crippen LogP contribution in [0.25, 0.3) is 0 Å². The molecule has 4 amide bonds. The summed E-state index contributed by atoms with van der Waals surface area (Å²) in [5.74, 6) is -1.76. The number of hydrogen-bond acceptors (Lipinski definition) is 5. The Labute approximate surface area is 208 Å². The van der Waals surface area contributed by atoms with Crippen molar-refractivity contribution >= 4 is 35.0 Å². The summed E-state index contributed by atoms with van der Waals surface area (Å²) in [6.07, 6.45) is 5.00. The zero-order valence-electron chi connectivity index (χ0n) is 19.5. The fourth-order valence-electron chi connectivity index (χ4n) is 5.67. The van der Waals surface area contributed by atoms with E-state index in [9.17, 15) is 19.2 Å². The normalized spacial score (nSPS) is 20.8. The van der Waals surface area contributed by atoms with Gasteiger partial charge in [-0.15, -0.1) is 0 Å². The van der Waals surface area contributed by atoms with Crippen LogP contribution in [-0.2, 0) is 16.1 Å². The molecule has 8 heteroatoms. The molecule has 0 saturated heterocycles. The number of para-hydroxylation sites is 2. The lowest BCUT2D eigenvalue weighted by Gasteiger charge is -2.31. The first-order valence-corrected chi connectivity index (χ1v) is 12.1. The first-order chi connectivity index (χ1) is 17.5. The van der Waals surface area contributed by atoms with Crippen LogP contribution in [0, 0.1) is 5.92 Å². The van der Waals surface area contributed by atoms with Gasteiger partial charge in [-0.25, -0.2) is 0 Å². The van der Waals surface area contributed by atoms with Crippen molar-refractivity contribution < 1.29 is 19.2 Å². The lowest BCUT2D eigenvalue weighted by Crippen LogP contribution is -2.49. The molecule has 3 aromatic rings. The third kappa shape index (κ3) is 3.48. The van der Waals surface area contributed by atoms with Crippen LogP contribution in [0.5, 0.6) is 0 Å². The van der Waals surface area contributed by atoms with Crippen molar-refractivity contribution in [3.63, 3.8) is 0 Å². The highest BCUT2D eigenvalue weighted by atomic mass is 16.2. The summed E-state index contributed by atoms with van der Waals surface area (Å²) in [4.78, 5) is 61.9. The van der Waals surface area contributed by atoms with Gasteiger partial charge in [-0.1, -0.05) is 48.9 Å². The van der Waals surface area contributed by atoms with Gasteiger partial charge in [0.15, 0.2) is 0 Å². The maximum absolute atomic E-state index is 13.9. The molecule has 3 aliphatic rings. The Balaban J connectivity index is 1.37. The summed E-state index contributed by atoms with van der Waals surface area (Å²) in [6.45, 7) is 0.00409. The van der Waals surface area contributed by atoms with Crippen LogP contribution < -0.4 is 9.80 Å². The van der Waals surface area contributed by atoms with Crippen molar-refractivity contribution in [1.82, 2.24) is 9.88 Å². The number of carbonyl (C=O) groups is 4. The average molecular weight is 481 g/mol. The zero-order chi connectivity index (χ0) is 24.8. The number of benzene rings is 2. The fraction of sp³-hybridized carbons (Fsp3) is 0.250. The van der Waals surface area contributed by atoms with Gasteiger partial charge in [0.2, 0.25) is 11.8 Å². The van der Waals surface area contributed by atoms with Gasteiger partial charge in [-0.2, -0.15) is 0 Å². The molecule has 1 unspecified atom stereocenters. The quantitative estimate of drug-likeness (QED) is 0.534. The molecule has 1 aliphatic carbocycles. The molecule has 3 heterocycles. The summed E-state index contributed by atoms with van der Waals surface area (Å²) in [7, 11) is 0. The predicted molar refractivity (Wildman–Crippen MR) is 132 cm³/mol. The highest BCUT2D eigenvalue weighted by molar-refractivity contribution is 6.23. The fourth-order valence-corrected chi connectivity index (χ4v) is 5.67. The maximum Gasteiger partial charge on any atom is 0.263 e. The van der Waals surface area contributed by atoms with E-state index in [-0.39, 0.29) is 34.9 Å². The smallest absolute Gasteiger partial charge is 0.263 e. The van der Waals surface area contributed by atoms with Gasteiger partial charge in [0.25, 0.3) is 11.8 Å². The number of pyridine rings is 1. The molecule has 1 saturated carbocycles. The number of rotatable bonds is 4. The summed E-state index contributed by atoms with van der Waals surface area (Å²) in [6, 6.07) is 18.3. The van der Waals surface area contributed by atoms with Gasteiger partial charge in [-0.3, -0.25) is 29.1 Å². The van der Waals surface area contributed by atoms with E-state index in [0.717, 1.165) is 16.9 Å². The SMILES string of the molecule is O=C1c2ccncc2C(=O)N1CC(=O)N1c2ccccc2N(Cc2ccccc2)C(=O)C2CCC[C@H]21. The molecular formula is C28H24N4O4. The van der Waals surface area contributed by atoms with Crippen LogP contribution in [-0.4, -0.2) is 46.1 Å². The lowest BCUT2D eigenvalue weighted by molar-refractivity contribution is -0.123. The van der Waals surface area contributed by atoms with E-state index in [4.69, 9.17) is 0 Å². The van der Waals surface area contributed by atoms with E-state index < -0.39 is 18.4 Å². The maximum atomic E-state index is 13.9. The minimum absolute atomic E-state index is 0.00379. The first-order valence-electron chi connectivity index (χ1n) is 12.1. The molecule has 2 aliphatic heterocycles. The Kier molecular flexibility index (Phi) is 5.36. The Bertz CT molecular complexity index is 1350. The van der Waals surface area contributed by atoms with E-state index in [1.807, 2.05) is 54.6 Å². The molecular weight excluding hydrogens is 456 g/mol. The molecule has 0 bridgehead atoms. The van der Waals surface area contributed by atoms with E-state index in [2.05, 4.69) is 4.98 Å². The standard InChI is InChI=1S/C28H24N4O4/c33-25(17-31-26(34)19-13-14-29-15-21(19)28(31)36)32-22-12-6-9-20(22)27(35)30(16-18-7-2-1-3-8-18)23-10-4-5-11-24(23)32/h1-5,7-8,10-11,13-15,20,22H,6,9,12,16-17H2/t20?,22-/m1/s1. The molecule has 1 aromatic heterocycles. The Morgan fingerprint density at radius 3 is 2.33 bits per heavy atom. The van der Waals surface area contributed by atoms with Crippen LogP contribution in [0.4, 0.5) is 11.4 Å². The molecule has 6 rings (SSSR count). The highest BCUT2D eigenvalue weighted by Crippen LogP contribution is 2.43. The number of hydrogen-bond donors (Lipinski definition) is 0. The topological polar surface area (TPSA) is 90.9 Å². The Morgan fingerprint density at radius 1 is 0.833 bits per heavy atom. The van der Waals surface area contributed by atoms with Crippen molar-refractivity contribution in [1.29, 1.82) is 0 Å². The molecule has 36 heavy (non-hydrogen) atoms. The van der Waals surface area contributed by atoms with Crippen LogP contribution in [0.3, 0.4) is 0 Å². The third-order valence-electron chi connectivity index (χ3n) is 7.34. The van der Waals surface area contributed by atoms with Crippen molar-refractivity contribution in [3.8, 4) is 0 Å². The number of anilines is 2. The number of nitrogens with zero attached hydrogens (tertiary/aromatic N) is 4. The summed E-state index contributed by atoms with van der Waals surface area (Å²) >= 11 is 0. The predicted octanol–water partition coefficient (Wildman–Crippen LogP) is 3.43. The van der Waals surface area contributed by atoms with Crippen molar-refractivity contribution in [3.05, 3.63) is 89.7 Å². The second-order valence-corrected chi connectivity index (χ2v) is 9.38. The molecule has 8 nitrogen and oxygen atoms in total. The lowest BCUT2D eigenvalue weighted by atomic mass is 10.0. The number of carbonyl (C=O) groups excluding carboxylic acids is 4. The van der Waals surface area contributed by atoms with Crippen LogP contribution >= 0.6 is 0 Å². The van der Waals surface area contributed by atoms with E-state index in [1.54, 1.807) is 9.80 Å². The minimum Gasteiger partial charge on any atom is -0.306 e. The molecule has 180 valence electrons. The Morgan fingerprint density at radius 2 is 1.56 bits per heavy atom. The highest BCUT2D eigenvalue weighted by Gasteiger charge is 2.47. The van der Waals surface area contributed by atoms with Crippen molar-refractivity contribution in [2.24, 2.45) is 5.92 Å². The van der Waals surface area contributed by atoms with Gasteiger partial charge < -0.3 is 9.80 Å². The second-order valence-electron chi connectivity index (χ2n) is 9.38. The molecule has 1 fully saturated rings. The van der Waals surface area contributed by atoms with Crippen molar-refractivity contribution in [2.75, 3.05) is 16.3 Å². The Hall–Kier alpha value is -4.33. The van der Waals surface area contributed by atoms with Gasteiger partial charge in [0.05, 0.1) is 35.0 Å². The average Bonchev–Trinajstić information content (AvgIpc) is 3.45. The van der Waals surface area contributed by atoms with E-state index >= 15 is 0 Å². The van der Waals surface area contributed by atoms with Crippen LogP contribution in [0.15, 0.2) is 73.1 Å². The minimum atomic E-state index is -0.524. The van der Waals surface area contributed by atoms with Gasteiger partial charge in [-0.05, 0) is 36.6 Å². The molecule has 2 aromatic carbocycles. The van der Waals surface area contributed by atoms with Gasteiger partial charge in [0, 0.05) is 18.4 Å². The summed E-state index contributed by atoms with van der Waals surface area (Å²) < 4.78 is 0. The molecule has 2 atom stereocenters. The van der Waals surface area contributed by atoms with Crippen LogP contribution in [0.2, 0.25) is 0 Å². The zero-order valence-corrected chi connectivity index (χ0v) is 19.5. The second kappa shape index (κ2) is 8.71. The number of aromatic nitrogens is 1. The summed E-state index contributed by atoms with van der Waals surface area (Å²) in [5.41, 5.74) is 2.73. The number of imide groups is 1. The summed E-state index contributed by atoms with van der Waals surface area (Å²) in [5, 5.41) is 0. The molecule has 0 N–H and O–H groups in total. The van der Waals surface area contributed by atoms with Crippen LogP contribution in [0.1, 0.15) is 45.5 Å². The van der Waals surface area contributed by atoms with Crippen molar-refractivity contribution in [2.45, 2.75) is 31.8 Å². The van der Waals surface area contributed by atoms with Gasteiger partial charge >= 0.3 is 0 Å². The van der Waals surface area contributed by atoms with Gasteiger partial charge in [0.1, 0.15) is 6.54 Å². The monoisotopic (exact) mass is 480 g/mol. The van der Waals surface area contributed by atoms with E-state index in [1.165, 1.54) is 18.5 Å². The molecule has 0 spiro atoms.